The molecule has 2 aromatic rings. The highest BCUT2D eigenvalue weighted by atomic mass is 32.2. The van der Waals surface area contributed by atoms with Gasteiger partial charge in [0.05, 0.1) is 10.6 Å². The first-order valence-corrected chi connectivity index (χ1v) is 8.49. The number of benzene rings is 2. The summed E-state index contributed by atoms with van der Waals surface area (Å²) >= 11 is 0. The normalized spacial score (nSPS) is 11.5. The lowest BCUT2D eigenvalue weighted by Gasteiger charge is -2.12. The van der Waals surface area contributed by atoms with Gasteiger partial charge in [-0.1, -0.05) is 12.1 Å². The molecular weight excluding hydrogens is 319 g/mol. The molecule has 0 aliphatic heterocycles. The molecule has 0 saturated heterocycles. The standard InChI is InChI=1S/C16H19FN2O3S/c1-19(2)23(20,21)14-9-7-13(8-10-14)22-12-11-18-16-6-4-3-5-15(16)17/h3-10,18H,11-12H2,1-2H3. The zero-order valence-corrected chi connectivity index (χ0v) is 13.8. The van der Waals surface area contributed by atoms with Crippen molar-refractivity contribution in [1.82, 2.24) is 4.31 Å². The third kappa shape index (κ3) is 4.43. The van der Waals surface area contributed by atoms with Gasteiger partial charge < -0.3 is 10.1 Å². The number of sulfonamides is 1. The highest BCUT2D eigenvalue weighted by molar-refractivity contribution is 7.89. The molecular formula is C16H19FN2O3S. The molecule has 0 heterocycles. The number of hydrogen-bond acceptors (Lipinski definition) is 4. The molecule has 0 atom stereocenters. The number of nitrogens with zero attached hydrogens (tertiary/aromatic N) is 1. The van der Waals surface area contributed by atoms with E-state index < -0.39 is 10.0 Å². The molecule has 0 bridgehead atoms. The van der Waals surface area contributed by atoms with Gasteiger partial charge in [-0.2, -0.15) is 0 Å². The third-order valence-corrected chi connectivity index (χ3v) is 4.99. The lowest BCUT2D eigenvalue weighted by molar-refractivity contribution is 0.332. The first-order valence-electron chi connectivity index (χ1n) is 7.05. The molecule has 0 amide bonds. The maximum atomic E-state index is 13.4. The van der Waals surface area contributed by atoms with Crippen molar-refractivity contribution < 1.29 is 17.5 Å². The van der Waals surface area contributed by atoms with Crippen molar-refractivity contribution in [3.8, 4) is 5.75 Å². The first-order chi connectivity index (χ1) is 10.9. The van der Waals surface area contributed by atoms with E-state index in [4.69, 9.17) is 4.74 Å². The molecule has 124 valence electrons. The largest absolute Gasteiger partial charge is 0.492 e. The van der Waals surface area contributed by atoms with Crippen LogP contribution in [0, 0.1) is 5.82 Å². The summed E-state index contributed by atoms with van der Waals surface area (Å²) in [7, 11) is -0.475. The molecule has 2 rings (SSSR count). The maximum absolute atomic E-state index is 13.4. The Kier molecular flexibility index (Phi) is 5.57. The number of ether oxygens (including phenoxy) is 1. The van der Waals surface area contributed by atoms with Crippen molar-refractivity contribution in [2.75, 3.05) is 32.6 Å². The fraction of sp³-hybridized carbons (Fsp3) is 0.250. The Morgan fingerprint density at radius 2 is 1.74 bits per heavy atom. The van der Waals surface area contributed by atoms with Crippen LogP contribution in [0.1, 0.15) is 0 Å². The Balaban J connectivity index is 1.86. The van der Waals surface area contributed by atoms with Crippen LogP contribution in [-0.4, -0.2) is 40.0 Å². The topological polar surface area (TPSA) is 58.6 Å². The van der Waals surface area contributed by atoms with Crippen LogP contribution in [0.2, 0.25) is 0 Å². The molecule has 0 saturated carbocycles. The van der Waals surface area contributed by atoms with Crippen LogP contribution in [0.15, 0.2) is 53.4 Å². The minimum absolute atomic E-state index is 0.208. The predicted octanol–water partition coefficient (Wildman–Crippen LogP) is 2.57. The van der Waals surface area contributed by atoms with E-state index >= 15 is 0 Å². The minimum Gasteiger partial charge on any atom is -0.492 e. The number of nitrogens with one attached hydrogen (secondary N) is 1. The zero-order valence-electron chi connectivity index (χ0n) is 13.0. The number of rotatable bonds is 7. The van der Waals surface area contributed by atoms with Crippen LogP contribution in [0.25, 0.3) is 0 Å². The van der Waals surface area contributed by atoms with E-state index in [9.17, 15) is 12.8 Å². The number of hydrogen-bond donors (Lipinski definition) is 1. The van der Waals surface area contributed by atoms with Gasteiger partial charge in [-0.3, -0.25) is 0 Å². The van der Waals surface area contributed by atoms with E-state index in [1.807, 2.05) is 0 Å². The van der Waals surface area contributed by atoms with Crippen LogP contribution in [0.4, 0.5) is 10.1 Å². The average molecular weight is 338 g/mol. The molecule has 0 spiro atoms. The molecule has 23 heavy (non-hydrogen) atoms. The summed E-state index contributed by atoms with van der Waals surface area (Å²) in [6, 6.07) is 12.6. The quantitative estimate of drug-likeness (QED) is 0.788. The van der Waals surface area contributed by atoms with Gasteiger partial charge in [-0.05, 0) is 36.4 Å². The highest BCUT2D eigenvalue weighted by Crippen LogP contribution is 2.18. The SMILES string of the molecule is CN(C)S(=O)(=O)c1ccc(OCCNc2ccccc2F)cc1. The van der Waals surface area contributed by atoms with Gasteiger partial charge in [0, 0.05) is 20.6 Å². The fourth-order valence-electron chi connectivity index (χ4n) is 1.88. The maximum Gasteiger partial charge on any atom is 0.242 e. The van der Waals surface area contributed by atoms with E-state index in [0.29, 0.717) is 24.6 Å². The van der Waals surface area contributed by atoms with Crippen molar-refractivity contribution in [2.24, 2.45) is 0 Å². The number of halogens is 1. The van der Waals surface area contributed by atoms with Gasteiger partial charge in [0.2, 0.25) is 10.0 Å². The summed E-state index contributed by atoms with van der Waals surface area (Å²) in [5, 5.41) is 2.93. The molecule has 0 fully saturated rings. The average Bonchev–Trinajstić information content (AvgIpc) is 2.53. The molecule has 0 aliphatic carbocycles. The monoisotopic (exact) mass is 338 g/mol. The second-order valence-electron chi connectivity index (χ2n) is 5.01. The summed E-state index contributed by atoms with van der Waals surface area (Å²) in [6.07, 6.45) is 0. The van der Waals surface area contributed by atoms with Crippen LogP contribution in [0.5, 0.6) is 5.75 Å². The summed E-state index contributed by atoms with van der Waals surface area (Å²) in [6.45, 7) is 0.757. The minimum atomic E-state index is -3.44. The second-order valence-corrected chi connectivity index (χ2v) is 7.17. The molecule has 1 N–H and O–H groups in total. The van der Waals surface area contributed by atoms with E-state index in [0.717, 1.165) is 4.31 Å². The summed E-state index contributed by atoms with van der Waals surface area (Å²) in [5.74, 6) is 0.240. The fourth-order valence-corrected chi connectivity index (χ4v) is 2.78. The number of anilines is 1. The van der Waals surface area contributed by atoms with Gasteiger partial charge in [-0.25, -0.2) is 17.1 Å². The van der Waals surface area contributed by atoms with Crippen LogP contribution < -0.4 is 10.1 Å². The Hall–Kier alpha value is -2.12. The molecule has 0 aromatic heterocycles. The Labute approximate surface area is 135 Å². The van der Waals surface area contributed by atoms with E-state index in [2.05, 4.69) is 5.32 Å². The van der Waals surface area contributed by atoms with Crippen molar-refractivity contribution in [2.45, 2.75) is 4.90 Å². The van der Waals surface area contributed by atoms with E-state index in [1.165, 1.54) is 32.3 Å². The number of para-hydroxylation sites is 1. The lowest BCUT2D eigenvalue weighted by atomic mass is 10.3. The van der Waals surface area contributed by atoms with Crippen LogP contribution in [0.3, 0.4) is 0 Å². The van der Waals surface area contributed by atoms with E-state index in [1.54, 1.807) is 30.3 Å². The lowest BCUT2D eigenvalue weighted by Crippen LogP contribution is -2.22. The summed E-state index contributed by atoms with van der Waals surface area (Å²) in [5.41, 5.74) is 0.420. The van der Waals surface area contributed by atoms with E-state index in [-0.39, 0.29) is 10.7 Å². The van der Waals surface area contributed by atoms with Gasteiger partial charge in [0.25, 0.3) is 0 Å². The Bertz CT molecular complexity index is 746. The Morgan fingerprint density at radius 1 is 1.09 bits per heavy atom. The second kappa shape index (κ2) is 7.43. The van der Waals surface area contributed by atoms with Crippen molar-refractivity contribution >= 4 is 15.7 Å². The molecule has 5 nitrogen and oxygen atoms in total. The van der Waals surface area contributed by atoms with Crippen molar-refractivity contribution in [1.29, 1.82) is 0 Å². The molecule has 0 aliphatic rings. The van der Waals surface area contributed by atoms with Gasteiger partial charge in [0.1, 0.15) is 18.2 Å². The summed E-state index contributed by atoms with van der Waals surface area (Å²) < 4.78 is 43.9. The molecule has 0 radical (unpaired) electrons. The van der Waals surface area contributed by atoms with Crippen LogP contribution >= 0.6 is 0 Å². The summed E-state index contributed by atoms with van der Waals surface area (Å²) in [4.78, 5) is 0.208. The van der Waals surface area contributed by atoms with Crippen LogP contribution in [-0.2, 0) is 10.0 Å². The van der Waals surface area contributed by atoms with Gasteiger partial charge in [0.15, 0.2) is 0 Å². The highest BCUT2D eigenvalue weighted by Gasteiger charge is 2.16. The van der Waals surface area contributed by atoms with Crippen molar-refractivity contribution in [3.63, 3.8) is 0 Å². The zero-order chi connectivity index (χ0) is 16.9. The van der Waals surface area contributed by atoms with Gasteiger partial charge in [-0.15, -0.1) is 0 Å². The first kappa shape index (κ1) is 17.2. The Morgan fingerprint density at radius 3 is 2.35 bits per heavy atom. The van der Waals surface area contributed by atoms with Crippen molar-refractivity contribution in [3.05, 3.63) is 54.3 Å². The predicted molar refractivity (Wildman–Crippen MR) is 87.7 cm³/mol. The molecule has 2 aromatic carbocycles. The third-order valence-electron chi connectivity index (χ3n) is 3.16. The van der Waals surface area contributed by atoms with Gasteiger partial charge >= 0.3 is 0 Å². The molecule has 7 heteroatoms. The smallest absolute Gasteiger partial charge is 0.242 e. The molecule has 0 unspecified atom stereocenters.